The second-order valence-electron chi connectivity index (χ2n) is 7.25. The molecule has 9 heteroatoms. The second-order valence-corrected chi connectivity index (χ2v) is 7.66. The predicted octanol–water partition coefficient (Wildman–Crippen LogP) is 4.65. The van der Waals surface area contributed by atoms with Crippen molar-refractivity contribution < 1.29 is 18.0 Å². The lowest BCUT2D eigenvalue weighted by Gasteiger charge is -2.20. The highest BCUT2D eigenvalue weighted by Crippen LogP contribution is 2.34. The van der Waals surface area contributed by atoms with Crippen LogP contribution in [0, 0.1) is 0 Å². The molecule has 1 N–H and O–H groups in total. The highest BCUT2D eigenvalue weighted by atomic mass is 35.5. The van der Waals surface area contributed by atoms with Gasteiger partial charge in [0.2, 0.25) is 0 Å². The summed E-state index contributed by atoms with van der Waals surface area (Å²) in [6, 6.07) is 14.1. The number of hydrogen-bond acceptors (Lipinski definition) is 3. The molecule has 1 aromatic heterocycles. The zero-order chi connectivity index (χ0) is 22.0. The van der Waals surface area contributed by atoms with Gasteiger partial charge in [0.15, 0.2) is 5.69 Å². The Morgan fingerprint density at radius 2 is 1.77 bits per heavy atom. The number of carbonyl (C=O) groups is 1. The Hall–Kier alpha value is -2.84. The highest BCUT2D eigenvalue weighted by Gasteiger charge is 2.35. The first-order valence-electron chi connectivity index (χ1n) is 9.87. The van der Waals surface area contributed by atoms with Gasteiger partial charge in [0.25, 0.3) is 5.91 Å². The van der Waals surface area contributed by atoms with Crippen LogP contribution in [0.3, 0.4) is 0 Å². The van der Waals surface area contributed by atoms with Crippen LogP contribution in [0.15, 0.2) is 54.6 Å². The number of para-hydroxylation sites is 1. The van der Waals surface area contributed by atoms with Gasteiger partial charge in [-0.3, -0.25) is 4.79 Å². The molecule has 1 amide bonds. The Morgan fingerprint density at radius 3 is 2.48 bits per heavy atom. The topological polar surface area (TPSA) is 50.2 Å². The summed E-state index contributed by atoms with van der Waals surface area (Å²) >= 11 is 6.21. The van der Waals surface area contributed by atoms with E-state index in [1.807, 2.05) is 0 Å². The summed E-state index contributed by atoms with van der Waals surface area (Å²) < 4.78 is 41.3. The third-order valence-corrected chi connectivity index (χ3v) is 5.45. The van der Waals surface area contributed by atoms with Crippen molar-refractivity contribution in [3.63, 3.8) is 0 Å². The number of benzene rings is 2. The molecule has 1 saturated heterocycles. The van der Waals surface area contributed by atoms with Crippen LogP contribution in [0.1, 0.15) is 22.5 Å². The zero-order valence-electron chi connectivity index (χ0n) is 16.5. The van der Waals surface area contributed by atoms with E-state index in [2.05, 4.69) is 10.4 Å². The van der Waals surface area contributed by atoms with Crippen LogP contribution >= 0.6 is 11.6 Å². The van der Waals surface area contributed by atoms with Gasteiger partial charge in [-0.1, -0.05) is 35.9 Å². The molecule has 0 aliphatic carbocycles. The van der Waals surface area contributed by atoms with E-state index >= 15 is 0 Å². The van der Waals surface area contributed by atoms with Gasteiger partial charge in [0.1, 0.15) is 0 Å². The molecule has 0 saturated carbocycles. The molecule has 1 aliphatic heterocycles. The van der Waals surface area contributed by atoms with E-state index in [1.54, 1.807) is 53.4 Å². The first-order valence-corrected chi connectivity index (χ1v) is 10.2. The fourth-order valence-electron chi connectivity index (χ4n) is 3.55. The van der Waals surface area contributed by atoms with Gasteiger partial charge in [0, 0.05) is 30.8 Å². The fourth-order valence-corrected chi connectivity index (χ4v) is 3.76. The largest absolute Gasteiger partial charge is 0.435 e. The van der Waals surface area contributed by atoms with Crippen LogP contribution in [-0.2, 0) is 6.18 Å². The van der Waals surface area contributed by atoms with Crippen molar-refractivity contribution in [2.75, 3.05) is 26.2 Å². The van der Waals surface area contributed by atoms with Crippen molar-refractivity contribution in [3.05, 3.63) is 70.9 Å². The highest BCUT2D eigenvalue weighted by molar-refractivity contribution is 6.32. The second kappa shape index (κ2) is 8.72. The van der Waals surface area contributed by atoms with Crippen molar-refractivity contribution >= 4 is 17.5 Å². The van der Waals surface area contributed by atoms with Crippen molar-refractivity contribution in [2.24, 2.45) is 0 Å². The molecule has 0 spiro atoms. The fraction of sp³-hybridized carbons (Fsp3) is 0.273. The number of nitrogens with one attached hydrogen (secondary N) is 1. The maximum absolute atomic E-state index is 13.4. The molecule has 1 aliphatic rings. The van der Waals surface area contributed by atoms with E-state index in [1.165, 1.54) is 4.68 Å². The molecule has 162 valence electrons. The van der Waals surface area contributed by atoms with Crippen LogP contribution in [-0.4, -0.2) is 46.8 Å². The van der Waals surface area contributed by atoms with Gasteiger partial charge >= 0.3 is 6.18 Å². The zero-order valence-corrected chi connectivity index (χ0v) is 17.2. The van der Waals surface area contributed by atoms with E-state index in [4.69, 9.17) is 11.6 Å². The molecule has 5 nitrogen and oxygen atoms in total. The molecule has 4 rings (SSSR count). The number of halogens is 4. The van der Waals surface area contributed by atoms with Crippen LogP contribution in [0.25, 0.3) is 16.9 Å². The molecule has 0 unspecified atom stereocenters. The van der Waals surface area contributed by atoms with E-state index in [0.29, 0.717) is 29.9 Å². The van der Waals surface area contributed by atoms with Gasteiger partial charge < -0.3 is 10.2 Å². The van der Waals surface area contributed by atoms with E-state index in [9.17, 15) is 18.0 Å². The van der Waals surface area contributed by atoms with Crippen molar-refractivity contribution in [3.8, 4) is 16.9 Å². The third kappa shape index (κ3) is 4.60. The summed E-state index contributed by atoms with van der Waals surface area (Å²) in [5.41, 5.74) is 0.549. The minimum absolute atomic E-state index is 0.0918. The average Bonchev–Trinajstić information content (AvgIpc) is 3.03. The Balaban J connectivity index is 1.70. The monoisotopic (exact) mass is 448 g/mol. The van der Waals surface area contributed by atoms with Gasteiger partial charge in [-0.15, -0.1) is 0 Å². The molecular weight excluding hydrogens is 429 g/mol. The molecular formula is C22H20ClF3N4O. The minimum atomic E-state index is -4.60. The molecule has 2 heterocycles. The summed E-state index contributed by atoms with van der Waals surface area (Å²) in [7, 11) is 0. The number of hydrogen-bond donors (Lipinski definition) is 1. The van der Waals surface area contributed by atoms with E-state index < -0.39 is 11.9 Å². The molecule has 3 aromatic rings. The number of nitrogens with zero attached hydrogens (tertiary/aromatic N) is 3. The first-order chi connectivity index (χ1) is 14.8. The number of alkyl halides is 3. The Labute approximate surface area is 182 Å². The summed E-state index contributed by atoms with van der Waals surface area (Å²) in [6.45, 7) is 2.90. The number of rotatable bonds is 3. The molecule has 0 radical (unpaired) electrons. The van der Waals surface area contributed by atoms with Crippen LogP contribution in [0.4, 0.5) is 13.2 Å². The lowest BCUT2D eigenvalue weighted by Crippen LogP contribution is -2.34. The Bertz CT molecular complexity index is 1070. The minimum Gasteiger partial charge on any atom is -0.337 e. The quantitative estimate of drug-likeness (QED) is 0.634. The molecule has 0 atom stereocenters. The van der Waals surface area contributed by atoms with Crippen molar-refractivity contribution in [2.45, 2.75) is 12.6 Å². The van der Waals surface area contributed by atoms with Crippen molar-refractivity contribution in [1.29, 1.82) is 0 Å². The van der Waals surface area contributed by atoms with Gasteiger partial charge in [-0.25, -0.2) is 4.68 Å². The van der Waals surface area contributed by atoms with E-state index in [-0.39, 0.29) is 16.6 Å². The van der Waals surface area contributed by atoms with Crippen molar-refractivity contribution in [1.82, 2.24) is 20.0 Å². The molecule has 0 bridgehead atoms. The van der Waals surface area contributed by atoms with E-state index in [0.717, 1.165) is 25.6 Å². The summed E-state index contributed by atoms with van der Waals surface area (Å²) in [5, 5.41) is 7.28. The lowest BCUT2D eigenvalue weighted by molar-refractivity contribution is -0.141. The van der Waals surface area contributed by atoms with Gasteiger partial charge in [0.05, 0.1) is 16.4 Å². The summed E-state index contributed by atoms with van der Waals surface area (Å²) in [4.78, 5) is 14.6. The molecule has 1 fully saturated rings. The molecule has 2 aromatic carbocycles. The maximum atomic E-state index is 13.4. The van der Waals surface area contributed by atoms with Crippen LogP contribution in [0.2, 0.25) is 5.02 Å². The SMILES string of the molecule is O=C(c1ccc(-c2cc(C(F)(F)F)nn2-c2ccccc2Cl)cc1)N1CCCNCC1. The van der Waals surface area contributed by atoms with Crippen LogP contribution < -0.4 is 5.32 Å². The number of carbonyl (C=O) groups excluding carboxylic acids is 1. The normalized spacial score (nSPS) is 15.0. The first kappa shape index (κ1) is 21.4. The smallest absolute Gasteiger partial charge is 0.337 e. The number of aromatic nitrogens is 2. The summed E-state index contributed by atoms with van der Waals surface area (Å²) in [6.07, 6.45) is -3.72. The standard InChI is InChI=1S/C22H20ClF3N4O/c23-17-4-1-2-5-18(17)30-19(14-20(28-30)22(24,25)26)15-6-8-16(9-7-15)21(31)29-12-3-10-27-11-13-29/h1-2,4-9,14,27H,3,10-13H2. The third-order valence-electron chi connectivity index (χ3n) is 5.14. The number of amides is 1. The van der Waals surface area contributed by atoms with Gasteiger partial charge in [-0.2, -0.15) is 18.3 Å². The maximum Gasteiger partial charge on any atom is 0.435 e. The molecule has 31 heavy (non-hydrogen) atoms. The Morgan fingerprint density at radius 1 is 1.03 bits per heavy atom. The lowest BCUT2D eigenvalue weighted by atomic mass is 10.1. The van der Waals surface area contributed by atoms with Gasteiger partial charge in [-0.05, 0) is 43.3 Å². The summed E-state index contributed by atoms with van der Waals surface area (Å²) in [5.74, 6) is -0.0918. The Kier molecular flexibility index (Phi) is 6.02. The van der Waals surface area contributed by atoms with Crippen LogP contribution in [0.5, 0.6) is 0 Å². The predicted molar refractivity (Wildman–Crippen MR) is 112 cm³/mol. The average molecular weight is 449 g/mol.